The van der Waals surface area contributed by atoms with Gasteiger partial charge in [-0.2, -0.15) is 0 Å². The molecule has 3 aliphatic heterocycles. The first kappa shape index (κ1) is 37.3. The molecule has 0 radical (unpaired) electrons. The molecule has 3 heterocycles. The molecular formula is C39H48ClN3O7. The Morgan fingerprint density at radius 1 is 1.10 bits per heavy atom. The standard InChI is InChI=1S/C39H48ClN3O7/c1-5-7-16-31(45)41(4)26(3)34(27-14-10-8-11-15-27)49-38(48)32-30-21-22-39(50-30)33(32)36(46)43(24-12-9-13-25-44)35(39)37(47)42(23-6-2)29-19-17-28(40)18-20-29/h5-6,8,10-11,14-15,17-20,26,30,32-35,44H,1-2,7,9,12-13,16,21-25H2,3-4H3/t26-,30+,32-,33-,34+,35+,39-/m0/s1. The van der Waals surface area contributed by atoms with Gasteiger partial charge >= 0.3 is 5.97 Å². The molecular weight excluding hydrogens is 658 g/mol. The van der Waals surface area contributed by atoms with Crippen LogP contribution in [0.1, 0.15) is 63.5 Å². The number of hydrogen-bond acceptors (Lipinski definition) is 7. The van der Waals surface area contributed by atoms with Crippen molar-refractivity contribution in [1.29, 1.82) is 0 Å². The molecule has 3 amide bonds. The predicted octanol–water partition coefficient (Wildman–Crippen LogP) is 5.49. The third-order valence-electron chi connectivity index (χ3n) is 10.5. The van der Waals surface area contributed by atoms with Crippen molar-refractivity contribution in [2.75, 3.05) is 31.6 Å². The number of unbranched alkanes of at least 4 members (excludes halogenated alkanes) is 2. The third kappa shape index (κ3) is 7.24. The number of aliphatic hydroxyl groups is 1. The molecule has 268 valence electrons. The molecule has 1 N–H and O–H groups in total. The van der Waals surface area contributed by atoms with E-state index in [2.05, 4.69) is 13.2 Å². The van der Waals surface area contributed by atoms with E-state index in [0.29, 0.717) is 49.2 Å². The molecule has 3 aliphatic rings. The Kier molecular flexibility index (Phi) is 12.2. The van der Waals surface area contributed by atoms with Gasteiger partial charge in [0.05, 0.1) is 24.0 Å². The average molecular weight is 706 g/mol. The van der Waals surface area contributed by atoms with Crippen molar-refractivity contribution >= 4 is 41.0 Å². The Labute approximate surface area is 299 Å². The van der Waals surface area contributed by atoms with Crippen LogP contribution in [0, 0.1) is 11.8 Å². The minimum atomic E-state index is -1.23. The maximum Gasteiger partial charge on any atom is 0.313 e. The molecule has 5 rings (SSSR count). The number of nitrogens with zero attached hydrogens (tertiary/aromatic N) is 3. The Hall–Kier alpha value is -3.99. The quantitative estimate of drug-likeness (QED) is 0.131. The van der Waals surface area contributed by atoms with Gasteiger partial charge in [0.25, 0.3) is 5.91 Å². The molecule has 2 bridgehead atoms. The van der Waals surface area contributed by atoms with E-state index in [9.17, 15) is 24.3 Å². The number of likely N-dealkylation sites (tertiary alicyclic amines) is 1. The number of benzene rings is 2. The number of ether oxygens (including phenoxy) is 2. The zero-order valence-corrected chi connectivity index (χ0v) is 29.7. The monoisotopic (exact) mass is 705 g/mol. The zero-order chi connectivity index (χ0) is 36.0. The average Bonchev–Trinajstić information content (AvgIpc) is 3.77. The Balaban J connectivity index is 1.48. The number of esters is 1. The molecule has 2 aromatic carbocycles. The topological polar surface area (TPSA) is 117 Å². The van der Waals surface area contributed by atoms with Crippen molar-refractivity contribution in [3.05, 3.63) is 90.5 Å². The molecule has 0 saturated carbocycles. The van der Waals surface area contributed by atoms with E-state index in [1.54, 1.807) is 58.2 Å². The van der Waals surface area contributed by atoms with Gasteiger partial charge in [0.15, 0.2) is 0 Å². The van der Waals surface area contributed by atoms with Crippen molar-refractivity contribution in [1.82, 2.24) is 9.80 Å². The smallest absolute Gasteiger partial charge is 0.313 e. The fourth-order valence-electron chi connectivity index (χ4n) is 7.86. The van der Waals surface area contributed by atoms with Crippen LogP contribution in [0.4, 0.5) is 5.69 Å². The summed E-state index contributed by atoms with van der Waals surface area (Å²) in [6, 6.07) is 14.7. The summed E-state index contributed by atoms with van der Waals surface area (Å²) in [5.41, 5.74) is 0.0908. The summed E-state index contributed by atoms with van der Waals surface area (Å²) in [4.78, 5) is 61.4. The molecule has 0 unspecified atom stereocenters. The summed E-state index contributed by atoms with van der Waals surface area (Å²) in [5.74, 6) is -3.18. The second-order valence-electron chi connectivity index (χ2n) is 13.4. The molecule has 3 saturated heterocycles. The van der Waals surface area contributed by atoms with E-state index in [4.69, 9.17) is 21.1 Å². The fourth-order valence-corrected chi connectivity index (χ4v) is 7.98. The highest BCUT2D eigenvalue weighted by molar-refractivity contribution is 6.30. The van der Waals surface area contributed by atoms with Gasteiger partial charge < -0.3 is 29.3 Å². The Morgan fingerprint density at radius 2 is 1.82 bits per heavy atom. The van der Waals surface area contributed by atoms with Crippen molar-refractivity contribution in [3.8, 4) is 0 Å². The van der Waals surface area contributed by atoms with E-state index in [-0.39, 0.29) is 43.8 Å². The maximum absolute atomic E-state index is 14.7. The van der Waals surface area contributed by atoms with Gasteiger partial charge in [-0.05, 0) is 75.3 Å². The lowest BCUT2D eigenvalue weighted by atomic mass is 9.70. The summed E-state index contributed by atoms with van der Waals surface area (Å²) >= 11 is 6.16. The molecule has 0 aliphatic carbocycles. The number of anilines is 1. The van der Waals surface area contributed by atoms with Gasteiger partial charge in [-0.15, -0.1) is 13.2 Å². The first-order valence-electron chi connectivity index (χ1n) is 17.5. The maximum atomic E-state index is 14.7. The van der Waals surface area contributed by atoms with E-state index >= 15 is 0 Å². The number of aliphatic hydroxyl groups excluding tert-OH is 1. The van der Waals surface area contributed by atoms with E-state index < -0.39 is 47.7 Å². The lowest BCUT2D eigenvalue weighted by molar-refractivity contribution is -0.164. The van der Waals surface area contributed by atoms with Crippen LogP contribution in [0.5, 0.6) is 0 Å². The number of likely N-dealkylation sites (N-methyl/N-ethyl adjacent to an activating group) is 1. The molecule has 50 heavy (non-hydrogen) atoms. The van der Waals surface area contributed by atoms with Crippen LogP contribution in [0.3, 0.4) is 0 Å². The first-order valence-corrected chi connectivity index (χ1v) is 17.9. The van der Waals surface area contributed by atoms with Crippen molar-refractivity contribution < 1.29 is 33.8 Å². The largest absolute Gasteiger partial charge is 0.455 e. The lowest BCUT2D eigenvalue weighted by Gasteiger charge is -2.37. The van der Waals surface area contributed by atoms with Crippen LogP contribution < -0.4 is 4.90 Å². The van der Waals surface area contributed by atoms with E-state index in [0.717, 1.165) is 5.56 Å². The highest BCUT2D eigenvalue weighted by atomic mass is 35.5. The number of allylic oxidation sites excluding steroid dienone is 1. The van der Waals surface area contributed by atoms with Crippen LogP contribution in [0.15, 0.2) is 79.9 Å². The predicted molar refractivity (Wildman–Crippen MR) is 191 cm³/mol. The molecule has 10 nitrogen and oxygen atoms in total. The highest BCUT2D eigenvalue weighted by Crippen LogP contribution is 2.59. The van der Waals surface area contributed by atoms with Gasteiger partial charge in [0.1, 0.15) is 17.7 Å². The number of hydrogen-bond donors (Lipinski definition) is 1. The summed E-state index contributed by atoms with van der Waals surface area (Å²) in [6.45, 7) is 9.90. The second kappa shape index (κ2) is 16.4. The lowest BCUT2D eigenvalue weighted by Crippen LogP contribution is -2.56. The number of carbonyl (C=O) groups is 4. The van der Waals surface area contributed by atoms with Crippen LogP contribution in [-0.2, 0) is 28.7 Å². The van der Waals surface area contributed by atoms with Crippen LogP contribution in [-0.4, -0.2) is 89.1 Å². The minimum absolute atomic E-state index is 0.0291. The molecule has 0 aromatic heterocycles. The van der Waals surface area contributed by atoms with Gasteiger partial charge in [0, 0.05) is 43.9 Å². The molecule has 7 atom stereocenters. The summed E-state index contributed by atoms with van der Waals surface area (Å²) in [7, 11) is 1.69. The number of carbonyl (C=O) groups excluding carboxylic acids is 4. The molecule has 3 fully saturated rings. The van der Waals surface area contributed by atoms with Gasteiger partial charge in [0.2, 0.25) is 11.8 Å². The van der Waals surface area contributed by atoms with Gasteiger partial charge in [-0.1, -0.05) is 54.1 Å². The first-order chi connectivity index (χ1) is 24.1. The normalized spacial score (nSPS) is 24.7. The van der Waals surface area contributed by atoms with Crippen molar-refractivity contribution in [2.24, 2.45) is 11.8 Å². The molecule has 11 heteroatoms. The highest BCUT2D eigenvalue weighted by Gasteiger charge is 2.75. The summed E-state index contributed by atoms with van der Waals surface area (Å²) < 4.78 is 13.0. The summed E-state index contributed by atoms with van der Waals surface area (Å²) in [6.07, 6.45) is 5.42. The molecule has 1 spiro atoms. The molecule has 2 aromatic rings. The van der Waals surface area contributed by atoms with Gasteiger partial charge in [-0.25, -0.2) is 0 Å². The van der Waals surface area contributed by atoms with Crippen LogP contribution >= 0.6 is 11.6 Å². The summed E-state index contributed by atoms with van der Waals surface area (Å²) in [5, 5.41) is 9.90. The van der Waals surface area contributed by atoms with Gasteiger partial charge in [-0.3, -0.25) is 19.2 Å². The number of fused-ring (bicyclic) bond motifs is 1. The minimum Gasteiger partial charge on any atom is -0.455 e. The van der Waals surface area contributed by atoms with Crippen LogP contribution in [0.25, 0.3) is 0 Å². The number of halogens is 1. The second-order valence-corrected chi connectivity index (χ2v) is 13.9. The number of amides is 3. The van der Waals surface area contributed by atoms with Crippen LogP contribution in [0.2, 0.25) is 5.02 Å². The SMILES string of the molecule is C=CCCC(=O)N(C)[C@@H](C)[C@@H](OC(=O)[C@@H]1[C@H]2C(=O)N(CCCCCO)[C@H](C(=O)N(CC=C)c3ccc(Cl)cc3)[C@]23CC[C@H]1O3)c1ccccc1. The third-order valence-corrected chi connectivity index (χ3v) is 10.7. The zero-order valence-electron chi connectivity index (χ0n) is 28.9. The van der Waals surface area contributed by atoms with E-state index in [1.165, 1.54) is 0 Å². The van der Waals surface area contributed by atoms with E-state index in [1.807, 2.05) is 37.3 Å². The van der Waals surface area contributed by atoms with Crippen molar-refractivity contribution in [3.63, 3.8) is 0 Å². The number of rotatable bonds is 17. The Bertz CT molecular complexity index is 1550. The fraction of sp³-hybridized carbons (Fsp3) is 0.487. The Morgan fingerprint density at radius 3 is 2.48 bits per heavy atom. The van der Waals surface area contributed by atoms with Crippen molar-refractivity contribution in [2.45, 2.75) is 81.8 Å².